The fourth-order valence-corrected chi connectivity index (χ4v) is 1.80. The molecule has 1 rings (SSSR count). The Morgan fingerprint density at radius 1 is 1.47 bits per heavy atom. The van der Waals surface area contributed by atoms with Gasteiger partial charge >= 0.3 is 0 Å². The average Bonchev–Trinajstić information content (AvgIpc) is 2.28. The number of nitrogens with zero attached hydrogens (tertiary/aromatic N) is 2. The molecule has 0 unspecified atom stereocenters. The molecule has 0 saturated heterocycles. The zero-order valence-electron chi connectivity index (χ0n) is 11.7. The molecule has 0 aromatic carbocycles. The molecule has 7 heteroatoms. The minimum Gasteiger partial charge on any atom is -0.491 e. The van der Waals surface area contributed by atoms with Gasteiger partial charge in [0.15, 0.2) is 11.6 Å². The van der Waals surface area contributed by atoms with Gasteiger partial charge in [0.1, 0.15) is 0 Å². The summed E-state index contributed by atoms with van der Waals surface area (Å²) in [6, 6.07) is 0.137. The van der Waals surface area contributed by atoms with Gasteiger partial charge in [-0.05, 0) is 18.8 Å². The Hall–Kier alpha value is -1.21. The fourth-order valence-electron chi connectivity index (χ4n) is 1.80. The fraction of sp³-hybridized carbons (Fsp3) is 0.667. The Kier molecular flexibility index (Phi) is 8.26. The first kappa shape index (κ1) is 17.8. The van der Waals surface area contributed by atoms with Crippen molar-refractivity contribution in [1.29, 1.82) is 0 Å². The molecule has 0 saturated carbocycles. The van der Waals surface area contributed by atoms with E-state index in [-0.39, 0.29) is 32.1 Å². The Balaban J connectivity index is 0.00000324. The maximum atomic E-state index is 9.08. The van der Waals surface area contributed by atoms with Crippen molar-refractivity contribution in [3.8, 4) is 5.75 Å². The van der Waals surface area contributed by atoms with Gasteiger partial charge in [-0.1, -0.05) is 13.8 Å². The van der Waals surface area contributed by atoms with Crippen LogP contribution in [0, 0.1) is 5.92 Å². The van der Waals surface area contributed by atoms with Crippen LogP contribution < -0.4 is 15.8 Å². The van der Waals surface area contributed by atoms with Crippen molar-refractivity contribution in [3.05, 3.63) is 6.20 Å². The first-order valence-corrected chi connectivity index (χ1v) is 6.10. The van der Waals surface area contributed by atoms with Crippen molar-refractivity contribution < 1.29 is 9.84 Å². The summed E-state index contributed by atoms with van der Waals surface area (Å²) >= 11 is 0. The van der Waals surface area contributed by atoms with Crippen LogP contribution in [0.5, 0.6) is 5.75 Å². The molecule has 1 heterocycles. The molecule has 110 valence electrons. The minimum atomic E-state index is 0. The highest BCUT2D eigenvalue weighted by molar-refractivity contribution is 7.59. The third-order valence-electron chi connectivity index (χ3n) is 2.57. The van der Waals surface area contributed by atoms with Crippen molar-refractivity contribution in [2.75, 3.05) is 24.8 Å². The van der Waals surface area contributed by atoms with E-state index < -0.39 is 0 Å². The van der Waals surface area contributed by atoms with E-state index in [4.69, 9.17) is 15.6 Å². The molecule has 0 aliphatic heterocycles. The second-order valence-corrected chi connectivity index (χ2v) is 4.63. The predicted molar refractivity (Wildman–Crippen MR) is 81.9 cm³/mol. The second kappa shape index (κ2) is 8.82. The number of nitrogens with two attached hydrogens (primary N) is 1. The molecule has 6 nitrogen and oxygen atoms in total. The lowest BCUT2D eigenvalue weighted by Gasteiger charge is -2.21. The highest BCUT2D eigenvalue weighted by Crippen LogP contribution is 2.23. The van der Waals surface area contributed by atoms with E-state index >= 15 is 0 Å². The molecular formula is C12H24N4O2S. The smallest absolute Gasteiger partial charge is 0.222 e. The first-order valence-electron chi connectivity index (χ1n) is 6.10. The normalized spacial score (nSPS) is 11.8. The molecule has 0 radical (unpaired) electrons. The van der Waals surface area contributed by atoms with Gasteiger partial charge in [0.25, 0.3) is 0 Å². The Bertz CT molecular complexity index is 377. The third kappa shape index (κ3) is 5.98. The van der Waals surface area contributed by atoms with Crippen LogP contribution in [0.3, 0.4) is 0 Å². The quantitative estimate of drug-likeness (QED) is 0.702. The van der Waals surface area contributed by atoms with Crippen LogP contribution in [0.25, 0.3) is 0 Å². The topological polar surface area (TPSA) is 93.3 Å². The van der Waals surface area contributed by atoms with Crippen molar-refractivity contribution in [3.63, 3.8) is 0 Å². The molecule has 1 aromatic rings. The van der Waals surface area contributed by atoms with E-state index in [9.17, 15) is 0 Å². The predicted octanol–water partition coefficient (Wildman–Crippen LogP) is 1.39. The summed E-state index contributed by atoms with van der Waals surface area (Å²) in [5.74, 6) is 1.85. The number of aliphatic hydroxyl groups is 1. The van der Waals surface area contributed by atoms with Crippen LogP contribution in [-0.2, 0) is 0 Å². The van der Waals surface area contributed by atoms with Crippen molar-refractivity contribution in [1.82, 2.24) is 9.97 Å². The number of aromatic nitrogens is 2. The Labute approximate surface area is 121 Å². The zero-order valence-corrected chi connectivity index (χ0v) is 12.7. The molecule has 4 N–H and O–H groups in total. The van der Waals surface area contributed by atoms with Crippen LogP contribution in [0.15, 0.2) is 6.20 Å². The highest BCUT2D eigenvalue weighted by Gasteiger charge is 2.14. The maximum absolute atomic E-state index is 9.08. The van der Waals surface area contributed by atoms with E-state index in [1.165, 1.54) is 6.20 Å². The summed E-state index contributed by atoms with van der Waals surface area (Å²) in [5.41, 5.74) is 5.57. The number of anilines is 2. The number of aliphatic hydroxyl groups excluding tert-OH is 1. The SMILES string of the molecule is COc1cnc(N)nc1N[C@H](CCO)CC(C)C.S. The zero-order chi connectivity index (χ0) is 13.5. The third-order valence-corrected chi connectivity index (χ3v) is 2.57. The molecule has 0 fully saturated rings. The first-order chi connectivity index (χ1) is 8.56. The van der Waals surface area contributed by atoms with Gasteiger partial charge in [-0.25, -0.2) is 4.98 Å². The van der Waals surface area contributed by atoms with Crippen molar-refractivity contribution in [2.45, 2.75) is 32.7 Å². The van der Waals surface area contributed by atoms with Gasteiger partial charge in [-0.3, -0.25) is 0 Å². The minimum absolute atomic E-state index is 0. The van der Waals surface area contributed by atoms with E-state index in [1.807, 2.05) is 0 Å². The number of ether oxygens (including phenoxy) is 1. The maximum Gasteiger partial charge on any atom is 0.222 e. The van der Waals surface area contributed by atoms with Gasteiger partial charge in [0, 0.05) is 12.6 Å². The van der Waals surface area contributed by atoms with Gasteiger partial charge in [-0.2, -0.15) is 18.5 Å². The number of nitrogens with one attached hydrogen (secondary N) is 1. The van der Waals surface area contributed by atoms with E-state index in [1.54, 1.807) is 7.11 Å². The molecule has 0 bridgehead atoms. The van der Waals surface area contributed by atoms with Crippen LogP contribution >= 0.6 is 13.5 Å². The summed E-state index contributed by atoms with van der Waals surface area (Å²) in [7, 11) is 1.56. The molecule has 0 aliphatic rings. The largest absolute Gasteiger partial charge is 0.491 e. The molecule has 0 aliphatic carbocycles. The van der Waals surface area contributed by atoms with Crippen LogP contribution in [-0.4, -0.2) is 34.8 Å². The van der Waals surface area contributed by atoms with Crippen molar-refractivity contribution in [2.24, 2.45) is 5.92 Å². The standard InChI is InChI=1S/C12H22N4O2.H2S/c1-8(2)6-9(4-5-17)15-11-10(18-3)7-14-12(13)16-11;/h7-9,17H,4-6H2,1-3H3,(H3,13,14,15,16);1H2/t9-;/m1./s1. The number of rotatable bonds is 7. The van der Waals surface area contributed by atoms with Crippen LogP contribution in [0.4, 0.5) is 11.8 Å². The number of nitrogen functional groups attached to an aromatic ring is 1. The van der Waals surface area contributed by atoms with E-state index in [2.05, 4.69) is 29.1 Å². The van der Waals surface area contributed by atoms with Gasteiger partial charge in [0.05, 0.1) is 13.3 Å². The van der Waals surface area contributed by atoms with Gasteiger partial charge in [-0.15, -0.1) is 0 Å². The van der Waals surface area contributed by atoms with Gasteiger partial charge < -0.3 is 20.9 Å². The Morgan fingerprint density at radius 3 is 2.68 bits per heavy atom. The van der Waals surface area contributed by atoms with E-state index in [0.717, 1.165) is 6.42 Å². The summed E-state index contributed by atoms with van der Waals surface area (Å²) in [6.45, 7) is 4.41. The molecule has 1 aromatic heterocycles. The number of methoxy groups -OCH3 is 1. The Morgan fingerprint density at radius 2 is 2.16 bits per heavy atom. The summed E-state index contributed by atoms with van der Waals surface area (Å²) < 4.78 is 5.18. The number of hydrogen-bond acceptors (Lipinski definition) is 6. The lowest BCUT2D eigenvalue weighted by atomic mass is 10.0. The molecule has 19 heavy (non-hydrogen) atoms. The highest BCUT2D eigenvalue weighted by atomic mass is 32.1. The lowest BCUT2D eigenvalue weighted by molar-refractivity contribution is 0.272. The summed E-state index contributed by atoms with van der Waals surface area (Å²) in [4.78, 5) is 8.00. The van der Waals surface area contributed by atoms with Crippen LogP contribution in [0.2, 0.25) is 0 Å². The van der Waals surface area contributed by atoms with Gasteiger partial charge in [0.2, 0.25) is 5.95 Å². The lowest BCUT2D eigenvalue weighted by Crippen LogP contribution is -2.24. The molecular weight excluding hydrogens is 264 g/mol. The van der Waals surface area contributed by atoms with Crippen LogP contribution in [0.1, 0.15) is 26.7 Å². The second-order valence-electron chi connectivity index (χ2n) is 4.63. The monoisotopic (exact) mass is 288 g/mol. The summed E-state index contributed by atoms with van der Waals surface area (Å²) in [6.07, 6.45) is 3.13. The van der Waals surface area contributed by atoms with E-state index in [0.29, 0.717) is 23.9 Å². The summed E-state index contributed by atoms with van der Waals surface area (Å²) in [5, 5.41) is 12.3. The molecule has 0 spiro atoms. The molecule has 1 atom stereocenters. The molecule has 0 amide bonds. The number of hydrogen-bond donors (Lipinski definition) is 3. The van der Waals surface area contributed by atoms with Crippen molar-refractivity contribution >= 4 is 25.3 Å². The average molecular weight is 288 g/mol.